The van der Waals surface area contributed by atoms with Crippen LogP contribution in [0.1, 0.15) is 12.8 Å². The molecular formula is C11H15N5O. The van der Waals surface area contributed by atoms with Crippen LogP contribution < -0.4 is 4.90 Å². The summed E-state index contributed by atoms with van der Waals surface area (Å²) >= 11 is 0. The second-order valence-electron chi connectivity index (χ2n) is 4.46. The quantitative estimate of drug-likeness (QED) is 0.768. The lowest BCUT2D eigenvalue weighted by molar-refractivity contribution is 0.145. The third-order valence-electron chi connectivity index (χ3n) is 3.17. The molecule has 3 heterocycles. The molecule has 2 aromatic heterocycles. The van der Waals surface area contributed by atoms with Crippen molar-refractivity contribution in [2.75, 3.05) is 18.0 Å². The van der Waals surface area contributed by atoms with Crippen molar-refractivity contribution >= 4 is 16.9 Å². The highest BCUT2D eigenvalue weighted by atomic mass is 16.3. The summed E-state index contributed by atoms with van der Waals surface area (Å²) in [7, 11) is 1.88. The van der Waals surface area contributed by atoms with Crippen LogP contribution in [0.15, 0.2) is 12.5 Å². The van der Waals surface area contributed by atoms with E-state index in [0.29, 0.717) is 0 Å². The van der Waals surface area contributed by atoms with Gasteiger partial charge in [0.2, 0.25) is 0 Å². The first-order chi connectivity index (χ1) is 8.24. The minimum absolute atomic E-state index is 0.169. The largest absolute Gasteiger partial charge is 0.393 e. The molecule has 1 aliphatic rings. The molecule has 0 bridgehead atoms. The molecule has 17 heavy (non-hydrogen) atoms. The summed E-state index contributed by atoms with van der Waals surface area (Å²) in [6.45, 7) is 1.67. The Hall–Kier alpha value is -1.69. The third kappa shape index (κ3) is 1.84. The zero-order chi connectivity index (χ0) is 11.8. The Morgan fingerprint density at radius 2 is 2.06 bits per heavy atom. The molecule has 1 aliphatic heterocycles. The predicted molar refractivity (Wildman–Crippen MR) is 63.8 cm³/mol. The Morgan fingerprint density at radius 1 is 1.29 bits per heavy atom. The molecule has 3 rings (SSSR count). The van der Waals surface area contributed by atoms with Gasteiger partial charge in [-0.3, -0.25) is 4.68 Å². The lowest BCUT2D eigenvalue weighted by Gasteiger charge is -2.30. The molecule has 6 heteroatoms. The molecule has 0 aromatic carbocycles. The van der Waals surface area contributed by atoms with Gasteiger partial charge in [-0.05, 0) is 12.8 Å². The van der Waals surface area contributed by atoms with Crippen molar-refractivity contribution < 1.29 is 5.11 Å². The van der Waals surface area contributed by atoms with Crippen molar-refractivity contribution in [3.05, 3.63) is 12.5 Å². The number of aliphatic hydroxyl groups excluding tert-OH is 1. The molecule has 1 fully saturated rings. The molecular weight excluding hydrogens is 218 g/mol. The second kappa shape index (κ2) is 3.96. The highest BCUT2D eigenvalue weighted by molar-refractivity contribution is 5.86. The minimum Gasteiger partial charge on any atom is -0.393 e. The van der Waals surface area contributed by atoms with E-state index in [4.69, 9.17) is 0 Å². The zero-order valence-corrected chi connectivity index (χ0v) is 9.74. The topological polar surface area (TPSA) is 67.1 Å². The number of fused-ring (bicyclic) bond motifs is 1. The molecule has 0 aliphatic carbocycles. The van der Waals surface area contributed by atoms with Crippen LogP contribution in [0.3, 0.4) is 0 Å². The molecule has 6 nitrogen and oxygen atoms in total. The van der Waals surface area contributed by atoms with Crippen LogP contribution >= 0.6 is 0 Å². The lowest BCUT2D eigenvalue weighted by atomic mass is 10.1. The van der Waals surface area contributed by atoms with Gasteiger partial charge in [0.25, 0.3) is 0 Å². The fourth-order valence-corrected chi connectivity index (χ4v) is 2.27. The van der Waals surface area contributed by atoms with Gasteiger partial charge >= 0.3 is 0 Å². The van der Waals surface area contributed by atoms with Crippen molar-refractivity contribution in [1.82, 2.24) is 19.7 Å². The van der Waals surface area contributed by atoms with Crippen LogP contribution in [-0.4, -0.2) is 44.0 Å². The van der Waals surface area contributed by atoms with Gasteiger partial charge in [-0.2, -0.15) is 5.10 Å². The number of rotatable bonds is 1. The Balaban J connectivity index is 1.99. The van der Waals surface area contributed by atoms with Gasteiger partial charge in [-0.1, -0.05) is 0 Å². The van der Waals surface area contributed by atoms with Gasteiger partial charge in [0.05, 0.1) is 11.5 Å². The number of nitrogens with zero attached hydrogens (tertiary/aromatic N) is 5. The van der Waals surface area contributed by atoms with E-state index in [1.54, 1.807) is 11.0 Å². The Labute approximate surface area is 98.9 Å². The fraction of sp³-hybridized carbons (Fsp3) is 0.545. The van der Waals surface area contributed by atoms with Crippen LogP contribution in [0.5, 0.6) is 0 Å². The number of hydrogen-bond acceptors (Lipinski definition) is 5. The van der Waals surface area contributed by atoms with Crippen LogP contribution in [0.25, 0.3) is 11.0 Å². The summed E-state index contributed by atoms with van der Waals surface area (Å²) in [6.07, 6.45) is 4.92. The van der Waals surface area contributed by atoms with E-state index in [1.165, 1.54) is 0 Å². The molecule has 0 saturated carbocycles. The standard InChI is InChI=1S/C11H15N5O/c1-15-6-9-10(14-15)12-7-13-11(9)16-4-2-8(17)3-5-16/h6-8,17H,2-5H2,1H3. The fourth-order valence-electron chi connectivity index (χ4n) is 2.27. The van der Waals surface area contributed by atoms with Gasteiger partial charge in [0, 0.05) is 26.3 Å². The van der Waals surface area contributed by atoms with E-state index in [0.717, 1.165) is 42.8 Å². The Kier molecular flexibility index (Phi) is 2.44. The first-order valence-corrected chi connectivity index (χ1v) is 5.81. The van der Waals surface area contributed by atoms with Gasteiger partial charge < -0.3 is 10.0 Å². The molecule has 1 saturated heterocycles. The molecule has 1 N–H and O–H groups in total. The smallest absolute Gasteiger partial charge is 0.186 e. The number of anilines is 1. The summed E-state index contributed by atoms with van der Waals surface area (Å²) in [5.74, 6) is 0.926. The van der Waals surface area contributed by atoms with Crippen molar-refractivity contribution in [2.45, 2.75) is 18.9 Å². The molecule has 0 amide bonds. The molecule has 0 spiro atoms. The van der Waals surface area contributed by atoms with Crippen LogP contribution in [-0.2, 0) is 7.05 Å². The first-order valence-electron chi connectivity index (χ1n) is 5.81. The normalized spacial score (nSPS) is 17.9. The zero-order valence-electron chi connectivity index (χ0n) is 9.74. The number of hydrogen-bond donors (Lipinski definition) is 1. The Morgan fingerprint density at radius 3 is 2.82 bits per heavy atom. The van der Waals surface area contributed by atoms with Gasteiger partial charge in [0.1, 0.15) is 12.1 Å². The molecule has 2 aromatic rings. The van der Waals surface area contributed by atoms with Crippen molar-refractivity contribution in [1.29, 1.82) is 0 Å². The van der Waals surface area contributed by atoms with E-state index in [1.807, 2.05) is 13.2 Å². The molecule has 0 unspecified atom stereocenters. The van der Waals surface area contributed by atoms with E-state index in [9.17, 15) is 5.11 Å². The molecule has 0 atom stereocenters. The predicted octanol–water partition coefficient (Wildman–Crippen LogP) is 0.324. The average molecular weight is 233 g/mol. The SMILES string of the molecule is Cn1cc2c(N3CCC(O)CC3)ncnc2n1. The van der Waals surface area contributed by atoms with Gasteiger partial charge in [0.15, 0.2) is 5.65 Å². The number of aliphatic hydroxyl groups is 1. The van der Waals surface area contributed by atoms with Crippen LogP contribution in [0.2, 0.25) is 0 Å². The minimum atomic E-state index is -0.169. The van der Waals surface area contributed by atoms with E-state index >= 15 is 0 Å². The maximum Gasteiger partial charge on any atom is 0.186 e. The Bertz CT molecular complexity index is 530. The van der Waals surface area contributed by atoms with E-state index in [-0.39, 0.29) is 6.10 Å². The lowest BCUT2D eigenvalue weighted by Crippen LogP contribution is -2.36. The van der Waals surface area contributed by atoms with Crippen molar-refractivity contribution in [3.8, 4) is 0 Å². The average Bonchev–Trinajstić information content (AvgIpc) is 2.70. The first kappa shape index (κ1) is 10.5. The molecule has 0 radical (unpaired) electrons. The van der Waals surface area contributed by atoms with Crippen LogP contribution in [0, 0.1) is 0 Å². The second-order valence-corrected chi connectivity index (χ2v) is 4.46. The van der Waals surface area contributed by atoms with Crippen molar-refractivity contribution in [3.63, 3.8) is 0 Å². The summed E-state index contributed by atoms with van der Waals surface area (Å²) in [5.41, 5.74) is 0.726. The number of aryl methyl sites for hydroxylation is 1. The third-order valence-corrected chi connectivity index (χ3v) is 3.17. The summed E-state index contributed by atoms with van der Waals surface area (Å²) in [4.78, 5) is 10.7. The highest BCUT2D eigenvalue weighted by Gasteiger charge is 2.20. The monoisotopic (exact) mass is 233 g/mol. The van der Waals surface area contributed by atoms with E-state index in [2.05, 4.69) is 20.0 Å². The highest BCUT2D eigenvalue weighted by Crippen LogP contribution is 2.24. The maximum absolute atomic E-state index is 9.52. The van der Waals surface area contributed by atoms with Crippen LogP contribution in [0.4, 0.5) is 5.82 Å². The summed E-state index contributed by atoms with van der Waals surface area (Å²) in [6, 6.07) is 0. The van der Waals surface area contributed by atoms with Gasteiger partial charge in [-0.15, -0.1) is 0 Å². The summed E-state index contributed by atoms with van der Waals surface area (Å²) < 4.78 is 1.75. The number of aromatic nitrogens is 4. The summed E-state index contributed by atoms with van der Waals surface area (Å²) in [5, 5.41) is 14.8. The van der Waals surface area contributed by atoms with Crippen molar-refractivity contribution in [2.24, 2.45) is 7.05 Å². The van der Waals surface area contributed by atoms with Gasteiger partial charge in [-0.25, -0.2) is 9.97 Å². The molecule has 90 valence electrons. The van der Waals surface area contributed by atoms with E-state index < -0.39 is 0 Å². The maximum atomic E-state index is 9.52. The number of piperidine rings is 1.